The minimum absolute atomic E-state index is 0.218. The zero-order valence-corrected chi connectivity index (χ0v) is 16.1. The van der Waals surface area contributed by atoms with Crippen LogP contribution in [0, 0.1) is 13.8 Å². The van der Waals surface area contributed by atoms with E-state index in [1.807, 2.05) is 13.8 Å². The number of benzene rings is 1. The lowest BCUT2D eigenvalue weighted by molar-refractivity contribution is 0.601. The van der Waals surface area contributed by atoms with Crippen LogP contribution in [0.4, 0.5) is 11.6 Å². The third-order valence-electron chi connectivity index (χ3n) is 3.99. The van der Waals surface area contributed by atoms with Gasteiger partial charge in [-0.15, -0.1) is 10.2 Å². The Hall–Kier alpha value is -2.15. The van der Waals surface area contributed by atoms with Gasteiger partial charge in [-0.05, 0) is 62.1 Å². The first-order chi connectivity index (χ1) is 11.9. The van der Waals surface area contributed by atoms with Crippen LogP contribution in [0.15, 0.2) is 35.2 Å². The number of nitrogens with one attached hydrogen (secondary N) is 1. The Morgan fingerprint density at radius 2 is 1.64 bits per heavy atom. The number of rotatable bonds is 8. The maximum absolute atomic E-state index is 12.5. The maximum atomic E-state index is 12.5. The molecule has 0 spiro atoms. The number of hydrogen-bond donors (Lipinski definition) is 1. The first-order valence-corrected chi connectivity index (χ1v) is 10.0. The molecule has 1 aromatic carbocycles. The molecule has 1 N–H and O–H groups in total. The van der Waals surface area contributed by atoms with Gasteiger partial charge in [0.15, 0.2) is 11.6 Å². The summed E-state index contributed by atoms with van der Waals surface area (Å²) in [5.41, 5.74) is 1.98. The highest BCUT2D eigenvalue weighted by Crippen LogP contribution is 2.19. The first kappa shape index (κ1) is 19.2. The van der Waals surface area contributed by atoms with Gasteiger partial charge in [0.1, 0.15) is 0 Å². The molecular formula is C18H26N4O2S. The average molecular weight is 362 g/mol. The molecule has 25 heavy (non-hydrogen) atoms. The number of sulfonamides is 1. The van der Waals surface area contributed by atoms with E-state index in [0.29, 0.717) is 0 Å². The second-order valence-corrected chi connectivity index (χ2v) is 7.80. The Labute approximate surface area is 150 Å². The molecule has 0 unspecified atom stereocenters. The van der Waals surface area contributed by atoms with E-state index in [-0.39, 0.29) is 10.7 Å². The molecule has 7 heteroatoms. The third-order valence-corrected chi connectivity index (χ3v) is 5.34. The van der Waals surface area contributed by atoms with Crippen LogP contribution in [0.25, 0.3) is 0 Å². The molecule has 1 heterocycles. The minimum Gasteiger partial charge on any atom is -0.355 e. The molecule has 0 aliphatic heterocycles. The molecule has 0 fully saturated rings. The molecule has 0 atom stereocenters. The summed E-state index contributed by atoms with van der Waals surface area (Å²) in [4.78, 5) is 2.37. The zero-order valence-electron chi connectivity index (χ0n) is 15.3. The smallest absolute Gasteiger partial charge is 0.263 e. The van der Waals surface area contributed by atoms with E-state index in [2.05, 4.69) is 33.7 Å². The highest BCUT2D eigenvalue weighted by Gasteiger charge is 2.16. The van der Waals surface area contributed by atoms with Crippen LogP contribution in [0.1, 0.15) is 37.8 Å². The van der Waals surface area contributed by atoms with Crippen LogP contribution in [-0.4, -0.2) is 31.7 Å². The second kappa shape index (κ2) is 8.29. The number of aromatic nitrogens is 2. The molecule has 2 rings (SSSR count). The predicted molar refractivity (Wildman–Crippen MR) is 102 cm³/mol. The van der Waals surface area contributed by atoms with Gasteiger partial charge in [-0.2, -0.15) is 0 Å². The van der Waals surface area contributed by atoms with E-state index in [1.54, 1.807) is 30.3 Å². The summed E-state index contributed by atoms with van der Waals surface area (Å²) in [6.45, 7) is 9.86. The van der Waals surface area contributed by atoms with Gasteiger partial charge in [0.05, 0.1) is 4.90 Å². The fraction of sp³-hybridized carbons (Fsp3) is 0.444. The van der Waals surface area contributed by atoms with Gasteiger partial charge in [-0.3, -0.25) is 4.72 Å². The molecule has 2 aromatic rings. The van der Waals surface area contributed by atoms with Crippen molar-refractivity contribution in [3.05, 3.63) is 41.5 Å². The van der Waals surface area contributed by atoms with Crippen molar-refractivity contribution < 1.29 is 8.42 Å². The topological polar surface area (TPSA) is 75.2 Å². The largest absolute Gasteiger partial charge is 0.355 e. The molecular weight excluding hydrogens is 336 g/mol. The molecule has 0 aliphatic carbocycles. The molecule has 0 saturated heterocycles. The highest BCUT2D eigenvalue weighted by atomic mass is 32.2. The van der Waals surface area contributed by atoms with Gasteiger partial charge in [-0.1, -0.05) is 19.9 Å². The Kier molecular flexibility index (Phi) is 6.36. The van der Waals surface area contributed by atoms with E-state index >= 15 is 0 Å². The van der Waals surface area contributed by atoms with E-state index in [1.165, 1.54) is 0 Å². The number of anilines is 2. The Morgan fingerprint density at radius 1 is 0.960 bits per heavy atom. The lowest BCUT2D eigenvalue weighted by Crippen LogP contribution is -2.26. The van der Waals surface area contributed by atoms with Crippen LogP contribution < -0.4 is 9.62 Å². The summed E-state index contributed by atoms with van der Waals surface area (Å²) >= 11 is 0. The Morgan fingerprint density at radius 3 is 2.16 bits per heavy atom. The SMILES string of the molecule is CCCN(CCC)c1ccc(NS(=O)(=O)c2ccc(C)c(C)c2)nn1. The fourth-order valence-corrected chi connectivity index (χ4v) is 3.59. The standard InChI is InChI=1S/C18H26N4O2S/c1-5-11-22(12-6-2)18-10-9-17(19-20-18)21-25(23,24)16-8-7-14(3)15(4)13-16/h7-10,13H,5-6,11-12H2,1-4H3,(H,19,21). The molecule has 136 valence electrons. The van der Waals surface area contributed by atoms with Crippen molar-refractivity contribution in [2.75, 3.05) is 22.7 Å². The summed E-state index contributed by atoms with van der Waals surface area (Å²) in [6, 6.07) is 8.50. The molecule has 0 amide bonds. The van der Waals surface area contributed by atoms with Crippen molar-refractivity contribution >= 4 is 21.7 Å². The highest BCUT2D eigenvalue weighted by molar-refractivity contribution is 7.92. The molecule has 6 nitrogen and oxygen atoms in total. The van der Waals surface area contributed by atoms with E-state index in [9.17, 15) is 8.42 Å². The molecule has 0 aliphatic rings. The summed E-state index contributed by atoms with van der Waals surface area (Å²) in [6.07, 6.45) is 2.03. The molecule has 0 bridgehead atoms. The normalized spacial score (nSPS) is 11.4. The summed E-state index contributed by atoms with van der Waals surface area (Å²) in [5, 5.41) is 8.21. The van der Waals surface area contributed by atoms with Gasteiger partial charge >= 0.3 is 0 Å². The van der Waals surface area contributed by atoms with Crippen molar-refractivity contribution in [1.82, 2.24) is 10.2 Å². The van der Waals surface area contributed by atoms with Gasteiger partial charge in [0.2, 0.25) is 0 Å². The predicted octanol–water partition coefficient (Wildman–Crippen LogP) is 3.52. The van der Waals surface area contributed by atoms with Gasteiger partial charge in [-0.25, -0.2) is 8.42 Å². The quantitative estimate of drug-likeness (QED) is 0.777. The van der Waals surface area contributed by atoms with Crippen molar-refractivity contribution in [2.45, 2.75) is 45.4 Å². The van der Waals surface area contributed by atoms with E-state index in [4.69, 9.17) is 0 Å². The fourth-order valence-electron chi connectivity index (χ4n) is 2.51. The van der Waals surface area contributed by atoms with Gasteiger partial charge < -0.3 is 4.90 Å². The lowest BCUT2D eigenvalue weighted by Gasteiger charge is -2.21. The second-order valence-electron chi connectivity index (χ2n) is 6.12. The monoisotopic (exact) mass is 362 g/mol. The van der Waals surface area contributed by atoms with Crippen LogP contribution in [-0.2, 0) is 10.0 Å². The minimum atomic E-state index is -3.67. The van der Waals surface area contributed by atoms with Crippen molar-refractivity contribution in [3.8, 4) is 0 Å². The first-order valence-electron chi connectivity index (χ1n) is 8.56. The van der Waals surface area contributed by atoms with E-state index < -0.39 is 10.0 Å². The van der Waals surface area contributed by atoms with Crippen molar-refractivity contribution in [2.24, 2.45) is 0 Å². The zero-order chi connectivity index (χ0) is 18.4. The van der Waals surface area contributed by atoms with Crippen LogP contribution in [0.3, 0.4) is 0 Å². The number of nitrogens with zero attached hydrogens (tertiary/aromatic N) is 3. The van der Waals surface area contributed by atoms with Crippen LogP contribution in [0.2, 0.25) is 0 Å². The lowest BCUT2D eigenvalue weighted by atomic mass is 10.1. The third kappa shape index (κ3) is 4.92. The summed E-state index contributed by atoms with van der Waals surface area (Å²) < 4.78 is 27.5. The van der Waals surface area contributed by atoms with E-state index in [0.717, 1.165) is 42.9 Å². The maximum Gasteiger partial charge on any atom is 0.263 e. The summed E-state index contributed by atoms with van der Waals surface area (Å²) in [7, 11) is -3.67. The molecule has 0 radical (unpaired) electrons. The number of aryl methyl sites for hydroxylation is 2. The van der Waals surface area contributed by atoms with Crippen molar-refractivity contribution in [1.29, 1.82) is 0 Å². The van der Waals surface area contributed by atoms with Crippen LogP contribution >= 0.6 is 0 Å². The number of hydrogen-bond acceptors (Lipinski definition) is 5. The molecule has 0 saturated carbocycles. The van der Waals surface area contributed by atoms with Gasteiger partial charge in [0, 0.05) is 13.1 Å². The summed E-state index contributed by atoms with van der Waals surface area (Å²) in [5.74, 6) is 0.979. The Balaban J connectivity index is 2.18. The van der Waals surface area contributed by atoms with Crippen molar-refractivity contribution in [3.63, 3.8) is 0 Å². The molecule has 1 aromatic heterocycles. The van der Waals surface area contributed by atoms with Crippen LogP contribution in [0.5, 0.6) is 0 Å². The average Bonchev–Trinajstić information content (AvgIpc) is 2.57. The Bertz CT molecular complexity index is 798. The van der Waals surface area contributed by atoms with Gasteiger partial charge in [0.25, 0.3) is 10.0 Å².